The van der Waals surface area contributed by atoms with Gasteiger partial charge in [0.15, 0.2) is 5.82 Å². The molecule has 0 aliphatic heterocycles. The van der Waals surface area contributed by atoms with Crippen LogP contribution in [0.25, 0.3) is 11.4 Å². The molecule has 204 valence electrons. The zero-order chi connectivity index (χ0) is 28.1. The summed E-state index contributed by atoms with van der Waals surface area (Å²) in [6.07, 6.45) is 0.465. The number of rotatable bonds is 8. The van der Waals surface area contributed by atoms with Crippen LogP contribution in [0.4, 0.5) is 9.18 Å². The molecule has 0 aliphatic carbocycles. The quantitative estimate of drug-likeness (QED) is 0.388. The van der Waals surface area contributed by atoms with Crippen molar-refractivity contribution in [2.75, 3.05) is 0 Å². The number of hydrogen-bond donors (Lipinski definition) is 1. The summed E-state index contributed by atoms with van der Waals surface area (Å²) in [5, 5.41) is 15.3. The Hall–Kier alpha value is -3.80. The van der Waals surface area contributed by atoms with Crippen molar-refractivity contribution in [2.24, 2.45) is 0 Å². The molecule has 2 heterocycles. The van der Waals surface area contributed by atoms with Gasteiger partial charge in [0.1, 0.15) is 17.0 Å². The number of pyridine rings is 1. The number of benzene rings is 1. The third kappa shape index (κ3) is 9.25. The van der Waals surface area contributed by atoms with Gasteiger partial charge in [-0.2, -0.15) is 4.80 Å². The summed E-state index contributed by atoms with van der Waals surface area (Å²) in [5.41, 5.74) is -0.793. The Labute approximate surface area is 224 Å². The number of halogens is 2. The Kier molecular flexibility index (Phi) is 8.87. The summed E-state index contributed by atoms with van der Waals surface area (Å²) in [6, 6.07) is 6.92. The molecule has 0 radical (unpaired) electrons. The second kappa shape index (κ2) is 11.7. The summed E-state index contributed by atoms with van der Waals surface area (Å²) in [4.78, 5) is 29.9. The molecule has 0 aliphatic rings. The average molecular weight is 549 g/mol. The van der Waals surface area contributed by atoms with Crippen LogP contribution in [0.5, 0.6) is 11.6 Å². The van der Waals surface area contributed by atoms with Gasteiger partial charge in [0.25, 0.3) is 5.88 Å². The molecule has 1 atom stereocenters. The molecule has 3 rings (SSSR count). The van der Waals surface area contributed by atoms with Crippen LogP contribution in [-0.4, -0.2) is 54.5 Å². The zero-order valence-electron chi connectivity index (χ0n) is 22.0. The fourth-order valence-corrected chi connectivity index (χ4v) is 3.26. The second-order valence-electron chi connectivity index (χ2n) is 10.4. The van der Waals surface area contributed by atoms with Crippen molar-refractivity contribution in [2.45, 2.75) is 71.8 Å². The molecule has 3 aromatic rings. The lowest BCUT2D eigenvalue weighted by Crippen LogP contribution is -2.43. The van der Waals surface area contributed by atoms with E-state index in [1.807, 2.05) is 0 Å². The number of nitrogens with one attached hydrogen (secondary N) is 1. The fourth-order valence-electron chi connectivity index (χ4n) is 3.11. The normalized spacial score (nSPS) is 12.5. The number of aromatic nitrogens is 5. The monoisotopic (exact) mass is 548 g/mol. The van der Waals surface area contributed by atoms with E-state index in [0.29, 0.717) is 17.1 Å². The topological polar surface area (TPSA) is 130 Å². The largest absolute Gasteiger partial charge is 0.460 e. The Morgan fingerprint density at radius 2 is 1.74 bits per heavy atom. The van der Waals surface area contributed by atoms with Gasteiger partial charge in [0.2, 0.25) is 5.82 Å². The number of tetrazole rings is 1. The maximum Gasteiger partial charge on any atom is 0.407 e. The lowest BCUT2D eigenvalue weighted by atomic mass is 10.1. The Morgan fingerprint density at radius 1 is 1.08 bits per heavy atom. The lowest BCUT2D eigenvalue weighted by molar-refractivity contribution is -0.155. The van der Waals surface area contributed by atoms with E-state index in [4.69, 9.17) is 25.8 Å². The maximum atomic E-state index is 13.9. The van der Waals surface area contributed by atoms with Crippen molar-refractivity contribution in [3.63, 3.8) is 0 Å². The molecular formula is C25H30ClFN6O5. The average Bonchev–Trinajstić information content (AvgIpc) is 3.21. The first-order chi connectivity index (χ1) is 17.7. The minimum atomic E-state index is -0.723. The van der Waals surface area contributed by atoms with Gasteiger partial charge in [0.05, 0.1) is 24.0 Å². The van der Waals surface area contributed by atoms with Crippen molar-refractivity contribution in [3.8, 4) is 23.0 Å². The van der Waals surface area contributed by atoms with E-state index in [2.05, 4.69) is 25.7 Å². The van der Waals surface area contributed by atoms with Crippen LogP contribution in [0.15, 0.2) is 36.5 Å². The van der Waals surface area contributed by atoms with Gasteiger partial charge >= 0.3 is 12.1 Å². The molecule has 1 N–H and O–H groups in total. The predicted molar refractivity (Wildman–Crippen MR) is 136 cm³/mol. The first-order valence-electron chi connectivity index (χ1n) is 11.8. The molecule has 38 heavy (non-hydrogen) atoms. The highest BCUT2D eigenvalue weighted by molar-refractivity contribution is 6.30. The predicted octanol–water partition coefficient (Wildman–Crippen LogP) is 4.95. The van der Waals surface area contributed by atoms with Crippen molar-refractivity contribution in [3.05, 3.63) is 47.4 Å². The van der Waals surface area contributed by atoms with Crippen molar-refractivity contribution in [1.29, 1.82) is 0 Å². The van der Waals surface area contributed by atoms with Crippen LogP contribution in [0, 0.1) is 5.82 Å². The standard InChI is InChI=1S/C25H30ClFN6O5/c1-24(2,3)37-20(34)12-17(29-23(35)38-25(4,5)6)14-33-31-21(30-32-33)15-7-9-18(10-8-15)36-22-19(27)11-16(26)13-28-22/h7-11,13,17H,12,14H2,1-6H3,(H,29,35)/t17-/m1/s1. The van der Waals surface area contributed by atoms with Crippen LogP contribution in [-0.2, 0) is 20.8 Å². The van der Waals surface area contributed by atoms with E-state index < -0.39 is 35.1 Å². The number of ether oxygens (including phenoxy) is 3. The first-order valence-corrected chi connectivity index (χ1v) is 12.1. The van der Waals surface area contributed by atoms with E-state index in [1.54, 1.807) is 65.8 Å². The molecule has 0 saturated carbocycles. The third-order valence-electron chi connectivity index (χ3n) is 4.49. The third-order valence-corrected chi connectivity index (χ3v) is 4.70. The van der Waals surface area contributed by atoms with Crippen LogP contribution in [0.3, 0.4) is 0 Å². The molecule has 1 amide bonds. The molecule has 11 nitrogen and oxygen atoms in total. The van der Waals surface area contributed by atoms with Crippen LogP contribution in [0.1, 0.15) is 48.0 Å². The molecule has 2 aromatic heterocycles. The van der Waals surface area contributed by atoms with Crippen molar-refractivity contribution in [1.82, 2.24) is 30.5 Å². The number of carbonyl (C=O) groups excluding carboxylic acids is 2. The molecule has 0 unspecified atom stereocenters. The Bertz CT molecular complexity index is 1240. The summed E-state index contributed by atoms with van der Waals surface area (Å²) >= 11 is 5.71. The van der Waals surface area contributed by atoms with Gasteiger partial charge in [-0.15, -0.1) is 10.2 Å². The highest BCUT2D eigenvalue weighted by atomic mass is 35.5. The van der Waals surface area contributed by atoms with Crippen LogP contribution >= 0.6 is 11.6 Å². The van der Waals surface area contributed by atoms with Gasteiger partial charge in [-0.25, -0.2) is 14.2 Å². The van der Waals surface area contributed by atoms with Gasteiger partial charge < -0.3 is 19.5 Å². The lowest BCUT2D eigenvalue weighted by Gasteiger charge is -2.24. The smallest absolute Gasteiger partial charge is 0.407 e. The van der Waals surface area contributed by atoms with E-state index in [1.165, 1.54) is 11.0 Å². The molecule has 0 spiro atoms. The van der Waals surface area contributed by atoms with Gasteiger partial charge in [-0.05, 0) is 77.1 Å². The number of nitrogens with zero attached hydrogens (tertiary/aromatic N) is 5. The van der Waals surface area contributed by atoms with E-state index in [-0.39, 0.29) is 23.9 Å². The first kappa shape index (κ1) is 28.8. The summed E-state index contributed by atoms with van der Waals surface area (Å²) < 4.78 is 30.1. The zero-order valence-corrected chi connectivity index (χ0v) is 22.7. The van der Waals surface area contributed by atoms with Gasteiger partial charge in [0, 0.05) is 11.8 Å². The number of alkyl carbamates (subject to hydrolysis) is 1. The van der Waals surface area contributed by atoms with Gasteiger partial charge in [-0.3, -0.25) is 4.79 Å². The number of carbonyl (C=O) groups is 2. The summed E-state index contributed by atoms with van der Waals surface area (Å²) in [5.74, 6) is -0.762. The number of hydrogen-bond acceptors (Lipinski definition) is 9. The number of esters is 1. The summed E-state index contributed by atoms with van der Waals surface area (Å²) in [7, 11) is 0. The Morgan fingerprint density at radius 3 is 2.34 bits per heavy atom. The van der Waals surface area contributed by atoms with E-state index in [0.717, 1.165) is 6.07 Å². The minimum absolute atomic E-state index is 0.0359. The molecule has 0 saturated heterocycles. The highest BCUT2D eigenvalue weighted by Crippen LogP contribution is 2.26. The van der Waals surface area contributed by atoms with E-state index >= 15 is 0 Å². The summed E-state index contributed by atoms with van der Waals surface area (Å²) in [6.45, 7) is 10.5. The molecule has 0 bridgehead atoms. The number of amides is 1. The fraction of sp³-hybridized carbons (Fsp3) is 0.440. The Balaban J connectivity index is 1.70. The highest BCUT2D eigenvalue weighted by Gasteiger charge is 2.25. The van der Waals surface area contributed by atoms with E-state index in [9.17, 15) is 14.0 Å². The molecule has 13 heteroatoms. The second-order valence-corrected chi connectivity index (χ2v) is 10.8. The van der Waals surface area contributed by atoms with Crippen molar-refractivity contribution < 1.29 is 28.2 Å². The minimum Gasteiger partial charge on any atom is -0.460 e. The SMILES string of the molecule is CC(C)(C)OC(=O)C[C@H](Cn1nnc(-c2ccc(Oc3ncc(Cl)cc3F)cc2)n1)NC(=O)OC(C)(C)C. The maximum absolute atomic E-state index is 13.9. The molecule has 1 aromatic carbocycles. The van der Waals surface area contributed by atoms with Gasteiger partial charge in [-0.1, -0.05) is 11.6 Å². The van der Waals surface area contributed by atoms with Crippen LogP contribution in [0.2, 0.25) is 5.02 Å². The molecular weight excluding hydrogens is 519 g/mol. The van der Waals surface area contributed by atoms with Crippen molar-refractivity contribution >= 4 is 23.7 Å². The van der Waals surface area contributed by atoms with Crippen LogP contribution < -0.4 is 10.1 Å². The molecule has 0 fully saturated rings.